The molecule has 4 aromatic rings. The van der Waals surface area contributed by atoms with E-state index in [4.69, 9.17) is 0 Å². The van der Waals surface area contributed by atoms with Gasteiger partial charge in [0, 0.05) is 30.9 Å². The number of nitrogens with zero attached hydrogens (tertiary/aromatic N) is 3. The van der Waals surface area contributed by atoms with Gasteiger partial charge in [-0.15, -0.1) is 13.2 Å². The largest absolute Gasteiger partial charge is 0.573 e. The van der Waals surface area contributed by atoms with Gasteiger partial charge in [-0.3, -0.25) is 0 Å². The van der Waals surface area contributed by atoms with E-state index in [1.807, 2.05) is 12.3 Å². The van der Waals surface area contributed by atoms with E-state index >= 15 is 0 Å². The van der Waals surface area contributed by atoms with E-state index in [9.17, 15) is 18.0 Å². The summed E-state index contributed by atoms with van der Waals surface area (Å²) in [6, 6.07) is 14.3. The molecule has 3 heterocycles. The quantitative estimate of drug-likeness (QED) is 0.321. The van der Waals surface area contributed by atoms with Gasteiger partial charge in [-0.2, -0.15) is 0 Å². The molecule has 3 N–H and O–H groups in total. The molecule has 0 aliphatic carbocycles. The minimum absolute atomic E-state index is 0.0142. The number of hydrogen-bond donors (Lipinski definition) is 3. The van der Waals surface area contributed by atoms with Crippen molar-refractivity contribution in [2.24, 2.45) is 0 Å². The molecule has 0 bridgehead atoms. The molecule has 2 aromatic carbocycles. The number of nitrogens with one attached hydrogen (secondary N) is 3. The number of H-pyrrole nitrogens is 1. The Hall–Kier alpha value is -4.28. The topological polar surface area (TPSA) is 95.2 Å². The molecule has 0 saturated carbocycles. The average molecular weight is 496 g/mol. The van der Waals surface area contributed by atoms with Gasteiger partial charge < -0.3 is 25.3 Å². The number of para-hydroxylation sites is 1. The molecule has 1 atom stereocenters. The zero-order chi connectivity index (χ0) is 25.1. The Kier molecular flexibility index (Phi) is 6.36. The summed E-state index contributed by atoms with van der Waals surface area (Å²) in [5.41, 5.74) is 1.98. The molecule has 1 aliphatic heterocycles. The number of hydrogen-bond acceptors (Lipinski definition) is 5. The number of urea groups is 1. The standard InChI is InChI=1S/C25H23F3N6O2/c26-25(27,28)36-21-9-8-16(13-20(21)33-24(35)32-18-6-2-1-3-7-18)17-5-4-12-34(14-17)23-19-10-11-29-22(19)30-15-31-23/h1-3,6-11,13,15,17H,4-5,12,14H2,(H,29,30,31)(H2,32,33,35). The van der Waals surface area contributed by atoms with Gasteiger partial charge in [0.2, 0.25) is 0 Å². The Morgan fingerprint density at radius 1 is 1.08 bits per heavy atom. The van der Waals surface area contributed by atoms with Crippen LogP contribution in [-0.4, -0.2) is 40.4 Å². The van der Waals surface area contributed by atoms with Gasteiger partial charge in [-0.05, 0) is 48.7 Å². The van der Waals surface area contributed by atoms with Crippen LogP contribution in [-0.2, 0) is 0 Å². The van der Waals surface area contributed by atoms with Gasteiger partial charge in [-0.25, -0.2) is 14.8 Å². The van der Waals surface area contributed by atoms with Crippen LogP contribution in [0.25, 0.3) is 11.0 Å². The van der Waals surface area contributed by atoms with Crippen molar-refractivity contribution < 1.29 is 22.7 Å². The van der Waals surface area contributed by atoms with E-state index in [1.54, 1.807) is 42.5 Å². The number of rotatable bonds is 5. The fourth-order valence-electron chi connectivity index (χ4n) is 4.47. The summed E-state index contributed by atoms with van der Waals surface area (Å²) in [7, 11) is 0. The second-order valence-corrected chi connectivity index (χ2v) is 8.47. The fourth-order valence-corrected chi connectivity index (χ4v) is 4.47. The average Bonchev–Trinajstić information content (AvgIpc) is 3.34. The maximum absolute atomic E-state index is 13.0. The first kappa shape index (κ1) is 23.5. The van der Waals surface area contributed by atoms with Crippen molar-refractivity contribution in [1.29, 1.82) is 0 Å². The second-order valence-electron chi connectivity index (χ2n) is 8.47. The summed E-state index contributed by atoms with van der Waals surface area (Å²) >= 11 is 0. The molecule has 2 aromatic heterocycles. The summed E-state index contributed by atoms with van der Waals surface area (Å²) in [5.74, 6) is 0.343. The van der Waals surface area contributed by atoms with E-state index in [0.717, 1.165) is 41.8 Å². The Morgan fingerprint density at radius 3 is 2.72 bits per heavy atom. The zero-order valence-electron chi connectivity index (χ0n) is 19.0. The number of ether oxygens (including phenoxy) is 1. The van der Waals surface area contributed by atoms with E-state index < -0.39 is 18.1 Å². The summed E-state index contributed by atoms with van der Waals surface area (Å²) in [4.78, 5) is 26.5. The molecule has 2 amide bonds. The number of piperidine rings is 1. The van der Waals surface area contributed by atoms with Crippen LogP contribution in [0.5, 0.6) is 5.75 Å². The lowest BCUT2D eigenvalue weighted by atomic mass is 9.90. The molecule has 11 heteroatoms. The number of anilines is 3. The molecule has 1 aliphatic rings. The summed E-state index contributed by atoms with van der Waals surface area (Å²) in [5, 5.41) is 6.03. The predicted octanol–water partition coefficient (Wildman–Crippen LogP) is 5.88. The van der Waals surface area contributed by atoms with Gasteiger partial charge >= 0.3 is 12.4 Å². The van der Waals surface area contributed by atoms with Crippen molar-refractivity contribution in [1.82, 2.24) is 15.0 Å². The molecule has 1 saturated heterocycles. The zero-order valence-corrected chi connectivity index (χ0v) is 19.0. The van der Waals surface area contributed by atoms with Crippen molar-refractivity contribution in [3.8, 4) is 5.75 Å². The number of aromatic amines is 1. The van der Waals surface area contributed by atoms with Crippen molar-refractivity contribution in [3.05, 3.63) is 72.7 Å². The van der Waals surface area contributed by atoms with Gasteiger partial charge in [0.25, 0.3) is 0 Å². The first-order chi connectivity index (χ1) is 17.4. The highest BCUT2D eigenvalue weighted by Gasteiger charge is 2.33. The van der Waals surface area contributed by atoms with Crippen molar-refractivity contribution in [3.63, 3.8) is 0 Å². The number of fused-ring (bicyclic) bond motifs is 1. The third-order valence-corrected chi connectivity index (χ3v) is 6.03. The normalized spacial score (nSPS) is 16.1. The van der Waals surface area contributed by atoms with Crippen molar-refractivity contribution in [2.75, 3.05) is 28.6 Å². The molecule has 186 valence electrons. The number of aromatic nitrogens is 3. The van der Waals surface area contributed by atoms with Crippen LogP contribution in [0.2, 0.25) is 0 Å². The molecular weight excluding hydrogens is 473 g/mol. The highest BCUT2D eigenvalue weighted by atomic mass is 19.4. The van der Waals surface area contributed by atoms with Crippen molar-refractivity contribution in [2.45, 2.75) is 25.1 Å². The lowest BCUT2D eigenvalue weighted by Crippen LogP contribution is -2.35. The number of alkyl halides is 3. The number of carbonyl (C=O) groups is 1. The second kappa shape index (κ2) is 9.76. The first-order valence-corrected chi connectivity index (χ1v) is 11.4. The van der Waals surface area contributed by atoms with Crippen LogP contribution >= 0.6 is 0 Å². The predicted molar refractivity (Wildman–Crippen MR) is 130 cm³/mol. The van der Waals surface area contributed by atoms with Crippen LogP contribution in [0.1, 0.15) is 24.3 Å². The third kappa shape index (κ3) is 5.35. The van der Waals surface area contributed by atoms with Crippen LogP contribution in [0.4, 0.5) is 35.2 Å². The van der Waals surface area contributed by atoms with E-state index in [0.29, 0.717) is 12.2 Å². The highest BCUT2D eigenvalue weighted by molar-refractivity contribution is 6.00. The monoisotopic (exact) mass is 496 g/mol. The van der Waals surface area contributed by atoms with Crippen molar-refractivity contribution >= 4 is 34.3 Å². The number of amides is 2. The van der Waals surface area contributed by atoms with Crippen LogP contribution < -0.4 is 20.3 Å². The van der Waals surface area contributed by atoms with Crippen LogP contribution in [0.3, 0.4) is 0 Å². The minimum atomic E-state index is -4.90. The summed E-state index contributed by atoms with van der Waals surface area (Å²) in [6.07, 6.45) is 0.132. The summed E-state index contributed by atoms with van der Waals surface area (Å²) in [6.45, 7) is 1.42. The van der Waals surface area contributed by atoms with E-state index in [2.05, 4.69) is 35.2 Å². The van der Waals surface area contributed by atoms with E-state index in [1.165, 1.54) is 12.4 Å². The maximum Gasteiger partial charge on any atom is 0.573 e. The molecule has 1 unspecified atom stereocenters. The Morgan fingerprint density at radius 2 is 1.92 bits per heavy atom. The van der Waals surface area contributed by atoms with E-state index in [-0.39, 0.29) is 11.6 Å². The smallest absolute Gasteiger partial charge is 0.404 e. The number of halogens is 3. The first-order valence-electron chi connectivity index (χ1n) is 11.4. The van der Waals surface area contributed by atoms with Crippen LogP contribution in [0, 0.1) is 0 Å². The summed E-state index contributed by atoms with van der Waals surface area (Å²) < 4.78 is 43.3. The molecule has 8 nitrogen and oxygen atoms in total. The van der Waals surface area contributed by atoms with Gasteiger partial charge in [0.1, 0.15) is 17.8 Å². The fraction of sp³-hybridized carbons (Fsp3) is 0.240. The SMILES string of the molecule is O=C(Nc1ccccc1)Nc1cc(C2CCCN(c3ncnc4[nH]ccc34)C2)ccc1OC(F)(F)F. The highest BCUT2D eigenvalue weighted by Crippen LogP contribution is 2.37. The lowest BCUT2D eigenvalue weighted by Gasteiger charge is -2.34. The molecule has 0 spiro atoms. The molecular formula is C25H23F3N6O2. The lowest BCUT2D eigenvalue weighted by molar-refractivity contribution is -0.274. The molecule has 0 radical (unpaired) electrons. The molecule has 36 heavy (non-hydrogen) atoms. The van der Waals surface area contributed by atoms with Gasteiger partial charge in [0.15, 0.2) is 5.75 Å². The third-order valence-electron chi connectivity index (χ3n) is 6.03. The van der Waals surface area contributed by atoms with Crippen LogP contribution in [0.15, 0.2) is 67.1 Å². The minimum Gasteiger partial charge on any atom is -0.404 e. The maximum atomic E-state index is 13.0. The Balaban J connectivity index is 1.39. The number of benzene rings is 2. The van der Waals surface area contributed by atoms with Gasteiger partial charge in [-0.1, -0.05) is 24.3 Å². The van der Waals surface area contributed by atoms with Gasteiger partial charge in [0.05, 0.1) is 11.1 Å². The Labute approximate surface area is 204 Å². The molecule has 5 rings (SSSR count). The Bertz CT molecular complexity index is 1360. The number of carbonyl (C=O) groups excluding carboxylic acids is 1. The molecule has 1 fully saturated rings.